The van der Waals surface area contributed by atoms with E-state index < -0.39 is 17.3 Å². The minimum absolute atomic E-state index is 0.0486. The molecule has 1 fully saturated rings. The number of piperidine rings is 1. The van der Waals surface area contributed by atoms with Gasteiger partial charge in [0.15, 0.2) is 0 Å². The SMILES string of the molecule is O=C(O)c1cc(Cl)c(O[C@@H]2CCCN(Cc3ccc(F)cc3Cl)C2)cc1F. The molecule has 1 N–H and O–H groups in total. The van der Waals surface area contributed by atoms with Crippen molar-refractivity contribution < 1.29 is 23.4 Å². The van der Waals surface area contributed by atoms with Crippen LogP contribution in [0, 0.1) is 11.6 Å². The Balaban J connectivity index is 1.68. The molecule has 0 saturated carbocycles. The molecule has 3 rings (SSSR count). The predicted molar refractivity (Wildman–Crippen MR) is 98.7 cm³/mol. The summed E-state index contributed by atoms with van der Waals surface area (Å²) in [6.45, 7) is 1.93. The number of ether oxygens (including phenoxy) is 1. The molecule has 0 unspecified atom stereocenters. The van der Waals surface area contributed by atoms with Crippen molar-refractivity contribution >= 4 is 29.2 Å². The Morgan fingerprint density at radius 2 is 2.00 bits per heavy atom. The fraction of sp³-hybridized carbons (Fsp3) is 0.316. The summed E-state index contributed by atoms with van der Waals surface area (Å²) in [5.41, 5.74) is 0.317. The van der Waals surface area contributed by atoms with Gasteiger partial charge in [-0.05, 0) is 43.1 Å². The zero-order valence-electron chi connectivity index (χ0n) is 14.2. The van der Waals surface area contributed by atoms with Gasteiger partial charge in [-0.3, -0.25) is 4.90 Å². The molecule has 0 amide bonds. The maximum atomic E-state index is 13.9. The van der Waals surface area contributed by atoms with E-state index in [9.17, 15) is 13.6 Å². The highest BCUT2D eigenvalue weighted by Crippen LogP contribution is 2.30. The first-order valence-electron chi connectivity index (χ1n) is 8.38. The van der Waals surface area contributed by atoms with Gasteiger partial charge in [-0.25, -0.2) is 13.6 Å². The Morgan fingerprint density at radius 3 is 2.70 bits per heavy atom. The Bertz CT molecular complexity index is 863. The molecule has 1 aliphatic heterocycles. The number of carbonyl (C=O) groups is 1. The second-order valence-electron chi connectivity index (χ2n) is 6.42. The van der Waals surface area contributed by atoms with Crippen LogP contribution in [0.1, 0.15) is 28.8 Å². The Hall–Kier alpha value is -1.89. The molecule has 2 aromatic carbocycles. The maximum absolute atomic E-state index is 13.9. The zero-order valence-corrected chi connectivity index (χ0v) is 15.7. The topological polar surface area (TPSA) is 49.8 Å². The summed E-state index contributed by atoms with van der Waals surface area (Å²) in [4.78, 5) is 13.1. The van der Waals surface area contributed by atoms with Crippen molar-refractivity contribution in [2.75, 3.05) is 13.1 Å². The van der Waals surface area contributed by atoms with Gasteiger partial charge in [0.2, 0.25) is 0 Å². The largest absolute Gasteiger partial charge is 0.487 e. The van der Waals surface area contributed by atoms with Gasteiger partial charge in [0, 0.05) is 24.2 Å². The van der Waals surface area contributed by atoms with Crippen LogP contribution < -0.4 is 4.74 Å². The first kappa shape index (κ1) is 19.9. The van der Waals surface area contributed by atoms with Crippen LogP contribution in [0.4, 0.5) is 8.78 Å². The summed E-state index contributed by atoms with van der Waals surface area (Å²) in [5.74, 6) is -2.55. The molecule has 1 atom stereocenters. The first-order valence-corrected chi connectivity index (χ1v) is 9.14. The van der Waals surface area contributed by atoms with Crippen LogP contribution in [0.5, 0.6) is 5.75 Å². The van der Waals surface area contributed by atoms with E-state index in [0.717, 1.165) is 37.1 Å². The van der Waals surface area contributed by atoms with Crippen molar-refractivity contribution in [2.45, 2.75) is 25.5 Å². The van der Waals surface area contributed by atoms with E-state index in [0.29, 0.717) is 18.1 Å². The van der Waals surface area contributed by atoms with Gasteiger partial charge in [-0.2, -0.15) is 0 Å². The van der Waals surface area contributed by atoms with Crippen LogP contribution in [0.15, 0.2) is 30.3 Å². The number of carboxylic acid groups (broad SMARTS) is 1. The molecule has 8 heteroatoms. The number of likely N-dealkylation sites (tertiary alicyclic amines) is 1. The molecule has 0 bridgehead atoms. The number of halogens is 4. The summed E-state index contributed by atoms with van der Waals surface area (Å²) in [6, 6.07) is 6.35. The van der Waals surface area contributed by atoms with E-state index in [4.69, 9.17) is 33.0 Å². The lowest BCUT2D eigenvalue weighted by atomic mass is 10.1. The number of carboxylic acids is 1. The van der Waals surface area contributed by atoms with Crippen LogP contribution in [-0.2, 0) is 6.54 Å². The third kappa shape index (κ3) is 4.89. The molecule has 0 spiro atoms. The lowest BCUT2D eigenvalue weighted by Crippen LogP contribution is -2.40. The van der Waals surface area contributed by atoms with Gasteiger partial charge in [-0.15, -0.1) is 0 Å². The molecule has 0 radical (unpaired) electrons. The van der Waals surface area contributed by atoms with E-state index >= 15 is 0 Å². The van der Waals surface area contributed by atoms with Gasteiger partial charge < -0.3 is 9.84 Å². The van der Waals surface area contributed by atoms with Gasteiger partial charge in [0.05, 0.1) is 10.6 Å². The first-order chi connectivity index (χ1) is 12.8. The van der Waals surface area contributed by atoms with Gasteiger partial charge >= 0.3 is 5.97 Å². The number of benzene rings is 2. The second-order valence-corrected chi connectivity index (χ2v) is 7.23. The summed E-state index contributed by atoms with van der Waals surface area (Å²) in [6.07, 6.45) is 1.38. The van der Waals surface area contributed by atoms with E-state index in [1.54, 1.807) is 6.07 Å². The highest BCUT2D eigenvalue weighted by atomic mass is 35.5. The summed E-state index contributed by atoms with van der Waals surface area (Å²) in [7, 11) is 0. The summed E-state index contributed by atoms with van der Waals surface area (Å²) in [5, 5.41) is 9.35. The fourth-order valence-electron chi connectivity index (χ4n) is 3.11. The summed E-state index contributed by atoms with van der Waals surface area (Å²) >= 11 is 12.1. The number of rotatable bonds is 5. The molecular weight excluding hydrogens is 399 g/mol. The fourth-order valence-corrected chi connectivity index (χ4v) is 3.54. The predicted octanol–water partition coefficient (Wildman–Crippen LogP) is 5.01. The van der Waals surface area contributed by atoms with Gasteiger partial charge in [-0.1, -0.05) is 29.3 Å². The van der Waals surface area contributed by atoms with Crippen molar-refractivity contribution in [1.82, 2.24) is 4.90 Å². The monoisotopic (exact) mass is 415 g/mol. The number of nitrogens with zero attached hydrogens (tertiary/aromatic N) is 1. The van der Waals surface area contributed by atoms with Crippen molar-refractivity contribution in [2.24, 2.45) is 0 Å². The normalized spacial score (nSPS) is 17.7. The van der Waals surface area contributed by atoms with Crippen LogP contribution in [-0.4, -0.2) is 35.2 Å². The van der Waals surface area contributed by atoms with Crippen molar-refractivity contribution in [3.8, 4) is 5.75 Å². The molecule has 4 nitrogen and oxygen atoms in total. The Morgan fingerprint density at radius 1 is 1.22 bits per heavy atom. The lowest BCUT2D eigenvalue weighted by molar-refractivity contribution is 0.0691. The zero-order chi connectivity index (χ0) is 19.6. The molecule has 1 aliphatic rings. The minimum Gasteiger partial charge on any atom is -0.487 e. The minimum atomic E-state index is -1.39. The van der Waals surface area contributed by atoms with Gasteiger partial charge in [0.25, 0.3) is 0 Å². The van der Waals surface area contributed by atoms with Crippen molar-refractivity contribution in [3.05, 3.63) is 63.1 Å². The molecule has 2 aromatic rings. The summed E-state index contributed by atoms with van der Waals surface area (Å²) < 4.78 is 32.9. The smallest absolute Gasteiger partial charge is 0.338 e. The van der Waals surface area contributed by atoms with E-state index in [1.165, 1.54) is 12.1 Å². The average molecular weight is 416 g/mol. The molecule has 0 aromatic heterocycles. The Kier molecular flexibility index (Phi) is 6.19. The highest BCUT2D eigenvalue weighted by Gasteiger charge is 2.24. The Labute approximate surface area is 165 Å². The maximum Gasteiger partial charge on any atom is 0.338 e. The lowest BCUT2D eigenvalue weighted by Gasteiger charge is -2.33. The molecule has 0 aliphatic carbocycles. The molecule has 1 heterocycles. The molecule has 27 heavy (non-hydrogen) atoms. The molecule has 144 valence electrons. The standard InChI is InChI=1S/C19H17Cl2F2NO3/c20-15-6-12(22)4-3-11(15)9-24-5-1-2-13(10-24)27-18-8-17(23)14(19(25)26)7-16(18)21/h3-4,6-8,13H,1-2,5,9-10H2,(H,25,26)/t13-/m1/s1. The van der Waals surface area contributed by atoms with E-state index in [-0.39, 0.29) is 22.7 Å². The number of hydrogen-bond acceptors (Lipinski definition) is 3. The van der Waals surface area contributed by atoms with Crippen LogP contribution >= 0.6 is 23.2 Å². The van der Waals surface area contributed by atoms with E-state index in [1.807, 2.05) is 0 Å². The highest BCUT2D eigenvalue weighted by molar-refractivity contribution is 6.32. The molecule has 1 saturated heterocycles. The van der Waals surface area contributed by atoms with Crippen molar-refractivity contribution in [3.63, 3.8) is 0 Å². The average Bonchev–Trinajstić information content (AvgIpc) is 2.60. The van der Waals surface area contributed by atoms with Crippen LogP contribution in [0.2, 0.25) is 10.0 Å². The second kappa shape index (κ2) is 8.42. The number of aromatic carboxylic acids is 1. The third-order valence-electron chi connectivity index (χ3n) is 4.42. The van der Waals surface area contributed by atoms with E-state index in [2.05, 4.69) is 4.90 Å². The van der Waals surface area contributed by atoms with Crippen molar-refractivity contribution in [1.29, 1.82) is 0 Å². The quantitative estimate of drug-likeness (QED) is 0.745. The van der Waals surface area contributed by atoms with Crippen LogP contribution in [0.25, 0.3) is 0 Å². The number of hydrogen-bond donors (Lipinski definition) is 1. The van der Waals surface area contributed by atoms with Crippen LogP contribution in [0.3, 0.4) is 0 Å². The van der Waals surface area contributed by atoms with Gasteiger partial charge in [0.1, 0.15) is 23.5 Å². The molecular formula is C19H17Cl2F2NO3. The third-order valence-corrected chi connectivity index (χ3v) is 5.06.